The molecule has 0 radical (unpaired) electrons. The molecule has 5 aromatic rings. The topological polar surface area (TPSA) is 119 Å². The summed E-state index contributed by atoms with van der Waals surface area (Å²) in [5, 5.41) is 3.19. The van der Waals surface area contributed by atoms with Crippen molar-refractivity contribution >= 4 is 32.9 Å². The molecular weight excluding hydrogens is 736 g/mol. The predicted molar refractivity (Wildman–Crippen MR) is 216 cm³/mol. The van der Waals surface area contributed by atoms with Crippen molar-refractivity contribution in [3.05, 3.63) is 125 Å². The minimum absolute atomic E-state index is 0.0668. The lowest BCUT2D eigenvalue weighted by atomic mass is 10.0. The smallest absolute Gasteiger partial charge is 0.407 e. The van der Waals surface area contributed by atoms with E-state index >= 15 is 4.39 Å². The van der Waals surface area contributed by atoms with Crippen molar-refractivity contribution < 1.29 is 36.6 Å². The summed E-state index contributed by atoms with van der Waals surface area (Å²) in [4.78, 5) is 26.8. The van der Waals surface area contributed by atoms with E-state index in [1.807, 2.05) is 31.2 Å². The fourth-order valence-corrected chi connectivity index (χ4v) is 7.74. The number of sulfonamides is 1. The third kappa shape index (κ3) is 9.95. The van der Waals surface area contributed by atoms with Gasteiger partial charge in [-0.2, -0.15) is 4.31 Å². The van der Waals surface area contributed by atoms with Crippen LogP contribution in [0.3, 0.4) is 0 Å². The van der Waals surface area contributed by atoms with Crippen LogP contribution < -0.4 is 14.8 Å². The summed E-state index contributed by atoms with van der Waals surface area (Å²) in [6.45, 7) is 6.97. The zero-order valence-electron chi connectivity index (χ0n) is 33.1. The van der Waals surface area contributed by atoms with Gasteiger partial charge in [-0.25, -0.2) is 17.6 Å². The highest BCUT2D eigenvalue weighted by atomic mass is 32.2. The Morgan fingerprint density at radius 1 is 0.857 bits per heavy atom. The number of allylic oxidation sites excluding steroid dienone is 1. The van der Waals surface area contributed by atoms with E-state index < -0.39 is 27.5 Å². The number of fused-ring (bicyclic) bond motifs is 1. The normalized spacial score (nSPS) is 12.1. The summed E-state index contributed by atoms with van der Waals surface area (Å²) >= 11 is 0. The Morgan fingerprint density at radius 3 is 1.98 bits per heavy atom. The molecule has 0 fully saturated rings. The molecule has 1 N–H and O–H groups in total. The van der Waals surface area contributed by atoms with Crippen LogP contribution in [0.25, 0.3) is 22.0 Å². The zero-order valence-corrected chi connectivity index (χ0v) is 33.9. The van der Waals surface area contributed by atoms with Crippen LogP contribution in [0.4, 0.5) is 9.18 Å². The van der Waals surface area contributed by atoms with Crippen molar-refractivity contribution in [2.24, 2.45) is 0 Å². The van der Waals surface area contributed by atoms with Crippen LogP contribution in [-0.2, 0) is 34.4 Å². The number of benzene rings is 4. The maximum absolute atomic E-state index is 15.6. The Bertz CT molecular complexity index is 2280. The van der Waals surface area contributed by atoms with Crippen molar-refractivity contribution in [3.63, 3.8) is 0 Å². The first kappa shape index (κ1) is 41.5. The monoisotopic (exact) mass is 784 g/mol. The Kier molecular flexibility index (Phi) is 12.9. The average Bonchev–Trinajstić information content (AvgIpc) is 3.43. The molecule has 0 aliphatic rings. The molecule has 5 rings (SSSR count). The second kappa shape index (κ2) is 17.4. The van der Waals surface area contributed by atoms with Crippen molar-refractivity contribution in [1.29, 1.82) is 0 Å². The molecule has 0 unspecified atom stereocenters. The highest BCUT2D eigenvalue weighted by molar-refractivity contribution is 7.89. The molecular formula is C43H49FN4O7S. The van der Waals surface area contributed by atoms with Crippen LogP contribution in [0.2, 0.25) is 0 Å². The molecule has 0 spiro atoms. The number of nitrogens with zero attached hydrogens (tertiary/aromatic N) is 3. The maximum atomic E-state index is 15.6. The van der Waals surface area contributed by atoms with E-state index in [4.69, 9.17) is 14.2 Å². The van der Waals surface area contributed by atoms with Crippen molar-refractivity contribution in [3.8, 4) is 22.6 Å². The summed E-state index contributed by atoms with van der Waals surface area (Å²) in [5.74, 6) is 0.587. The number of methoxy groups -OCH3 is 2. The van der Waals surface area contributed by atoms with Gasteiger partial charge in [0.25, 0.3) is 5.91 Å². The van der Waals surface area contributed by atoms with E-state index in [0.29, 0.717) is 44.8 Å². The molecule has 0 atom stereocenters. The third-order valence-electron chi connectivity index (χ3n) is 9.05. The standard InChI is InChI=1S/C43H49FN4O7S/c1-29-40(38-25-33(41(49)46(5)6)16-21-39(38)48(29)28-34(44)22-23-45-42(50)55-43(2,3)4)32-10-9-11-37(24-32)56(51,52)47(26-30-12-17-35(53-7)18-13-30)27-31-14-19-36(54-8)20-15-31/h9-22,24-25H,23,26-28H2,1-8H3,(H,45,50)/b34-22-. The first-order valence-corrected chi connectivity index (χ1v) is 19.5. The summed E-state index contributed by atoms with van der Waals surface area (Å²) in [6.07, 6.45) is 0.609. The molecule has 11 nitrogen and oxygen atoms in total. The Hall–Kier alpha value is -5.66. The van der Waals surface area contributed by atoms with Gasteiger partial charge in [0.1, 0.15) is 22.9 Å². The van der Waals surface area contributed by atoms with Gasteiger partial charge in [-0.05, 0) is 105 Å². The van der Waals surface area contributed by atoms with E-state index in [9.17, 15) is 18.0 Å². The highest BCUT2D eigenvalue weighted by Crippen LogP contribution is 2.37. The molecule has 0 aliphatic carbocycles. The Balaban J connectivity index is 1.56. The van der Waals surface area contributed by atoms with E-state index in [2.05, 4.69) is 5.32 Å². The lowest BCUT2D eigenvalue weighted by Gasteiger charge is -2.23. The second-order valence-electron chi connectivity index (χ2n) is 14.5. The van der Waals surface area contributed by atoms with Gasteiger partial charge in [0.05, 0.1) is 25.7 Å². The molecule has 296 valence electrons. The minimum atomic E-state index is -4.11. The van der Waals surface area contributed by atoms with E-state index in [1.165, 1.54) is 15.3 Å². The first-order valence-electron chi connectivity index (χ1n) is 18.0. The molecule has 1 heterocycles. The van der Waals surface area contributed by atoms with E-state index in [1.54, 1.807) is 120 Å². The molecule has 1 aromatic heterocycles. The van der Waals surface area contributed by atoms with E-state index in [-0.39, 0.29) is 37.0 Å². The predicted octanol–water partition coefficient (Wildman–Crippen LogP) is 8.10. The number of carbonyl (C=O) groups excluding carboxylic acids is 2. The quantitative estimate of drug-likeness (QED) is 0.121. The van der Waals surface area contributed by atoms with Gasteiger partial charge in [0, 0.05) is 61.5 Å². The number of alkyl carbamates (subject to hydrolysis) is 1. The Morgan fingerprint density at radius 2 is 1.45 bits per heavy atom. The van der Waals surface area contributed by atoms with Gasteiger partial charge in [0.2, 0.25) is 10.0 Å². The molecule has 2 amide bonds. The first-order chi connectivity index (χ1) is 26.5. The number of ether oxygens (including phenoxy) is 3. The van der Waals surface area contributed by atoms with E-state index in [0.717, 1.165) is 11.1 Å². The van der Waals surface area contributed by atoms with Crippen LogP contribution in [0, 0.1) is 6.92 Å². The van der Waals surface area contributed by atoms with Crippen LogP contribution >= 0.6 is 0 Å². The summed E-state index contributed by atoms with van der Waals surface area (Å²) in [7, 11) is 2.35. The van der Waals surface area contributed by atoms with Gasteiger partial charge in [-0.1, -0.05) is 36.4 Å². The minimum Gasteiger partial charge on any atom is -0.497 e. The van der Waals surface area contributed by atoms with Crippen molar-refractivity contribution in [2.45, 2.75) is 57.8 Å². The molecule has 0 bridgehead atoms. The summed E-state index contributed by atoms with van der Waals surface area (Å²) in [6, 6.07) is 26.4. The Labute approximate surface area is 328 Å². The van der Waals surface area contributed by atoms with Crippen LogP contribution in [0.15, 0.2) is 108 Å². The zero-order chi connectivity index (χ0) is 40.8. The van der Waals surface area contributed by atoms with Crippen LogP contribution in [0.1, 0.15) is 48.0 Å². The van der Waals surface area contributed by atoms with Gasteiger partial charge in [-0.15, -0.1) is 0 Å². The lowest BCUT2D eigenvalue weighted by Crippen LogP contribution is -2.32. The summed E-state index contributed by atoms with van der Waals surface area (Å²) in [5.41, 5.74) is 3.80. The average molecular weight is 785 g/mol. The number of carbonyl (C=O) groups is 2. The van der Waals surface area contributed by atoms with Gasteiger partial charge >= 0.3 is 6.09 Å². The molecule has 56 heavy (non-hydrogen) atoms. The van der Waals surface area contributed by atoms with Gasteiger partial charge in [-0.3, -0.25) is 4.79 Å². The van der Waals surface area contributed by atoms with Crippen molar-refractivity contribution in [2.75, 3.05) is 34.9 Å². The maximum Gasteiger partial charge on any atom is 0.407 e. The van der Waals surface area contributed by atoms with Crippen molar-refractivity contribution in [1.82, 2.24) is 19.1 Å². The number of aromatic nitrogens is 1. The second-order valence-corrected chi connectivity index (χ2v) is 16.4. The van der Waals surface area contributed by atoms with Crippen LogP contribution in [-0.4, -0.2) is 74.7 Å². The lowest BCUT2D eigenvalue weighted by molar-refractivity contribution is 0.0533. The highest BCUT2D eigenvalue weighted by Gasteiger charge is 2.27. The fourth-order valence-electron chi connectivity index (χ4n) is 6.27. The van der Waals surface area contributed by atoms with Gasteiger partial charge < -0.3 is 29.0 Å². The largest absolute Gasteiger partial charge is 0.497 e. The fraction of sp³-hybridized carbons (Fsp3) is 0.302. The summed E-state index contributed by atoms with van der Waals surface area (Å²) < 4.78 is 63.9. The van der Waals surface area contributed by atoms with Crippen LogP contribution in [0.5, 0.6) is 11.5 Å². The number of rotatable bonds is 14. The molecule has 0 saturated heterocycles. The third-order valence-corrected chi connectivity index (χ3v) is 10.8. The molecule has 4 aromatic carbocycles. The number of nitrogens with one attached hydrogen (secondary N) is 1. The van der Waals surface area contributed by atoms with Gasteiger partial charge in [0.15, 0.2) is 0 Å². The molecule has 0 aliphatic heterocycles. The number of amides is 2. The number of halogens is 1. The number of hydrogen-bond donors (Lipinski definition) is 1. The SMILES string of the molecule is COc1ccc(CN(Cc2ccc(OC)cc2)S(=O)(=O)c2cccc(-c3c(C)n(C/C(F)=C/CNC(=O)OC(C)(C)C)c4ccc(C(=O)N(C)C)cc34)c2)cc1. The molecule has 13 heteroatoms. The molecule has 0 saturated carbocycles. The number of hydrogen-bond acceptors (Lipinski definition) is 7.